The predicted molar refractivity (Wildman–Crippen MR) is 79.3 cm³/mol. The van der Waals surface area contributed by atoms with E-state index in [1.165, 1.54) is 0 Å². The fraction of sp³-hybridized carbons (Fsp3) is 0.0833. The van der Waals surface area contributed by atoms with Crippen molar-refractivity contribution in [2.24, 2.45) is 0 Å². The van der Waals surface area contributed by atoms with E-state index in [-0.39, 0.29) is 5.56 Å². The lowest BCUT2D eigenvalue weighted by molar-refractivity contribution is 0.751. The molecule has 0 saturated heterocycles. The molecule has 2 nitrogen and oxygen atoms in total. The van der Waals surface area contributed by atoms with Crippen LogP contribution in [0.1, 0.15) is 5.56 Å². The molecule has 0 bridgehead atoms. The lowest BCUT2D eigenvalue weighted by Crippen LogP contribution is -2.20. The van der Waals surface area contributed by atoms with Crippen molar-refractivity contribution in [1.29, 1.82) is 0 Å². The van der Waals surface area contributed by atoms with E-state index >= 15 is 0 Å². The molecule has 2 rings (SSSR count). The molecule has 0 unspecified atom stereocenters. The first-order valence-corrected chi connectivity index (χ1v) is 7.24. The minimum Gasteiger partial charge on any atom is -0.309 e. The highest BCUT2D eigenvalue weighted by Gasteiger charge is 2.04. The molecule has 1 heterocycles. The van der Waals surface area contributed by atoms with Crippen molar-refractivity contribution in [2.75, 3.05) is 0 Å². The molecule has 2 aromatic rings. The SMILES string of the molecule is O=c1c(Br)cc(Br)cn1Cc1cccc(Br)c1. The van der Waals surface area contributed by atoms with E-state index in [2.05, 4.69) is 47.8 Å². The molecule has 0 amide bonds. The Morgan fingerprint density at radius 1 is 1.06 bits per heavy atom. The van der Waals surface area contributed by atoms with E-state index in [0.717, 1.165) is 14.5 Å². The van der Waals surface area contributed by atoms with Gasteiger partial charge in [-0.05, 0) is 55.6 Å². The minimum atomic E-state index is -0.0341. The summed E-state index contributed by atoms with van der Waals surface area (Å²) < 4.78 is 4.11. The molecule has 0 aliphatic rings. The number of benzene rings is 1. The van der Waals surface area contributed by atoms with Crippen LogP contribution in [0.4, 0.5) is 0 Å². The number of hydrogen-bond donors (Lipinski definition) is 0. The first-order chi connectivity index (χ1) is 8.06. The average Bonchev–Trinajstić information content (AvgIpc) is 2.25. The fourth-order valence-electron chi connectivity index (χ4n) is 1.51. The summed E-state index contributed by atoms with van der Waals surface area (Å²) in [5.41, 5.74) is 1.04. The molecule has 1 aromatic carbocycles. The first-order valence-electron chi connectivity index (χ1n) is 4.86. The average molecular weight is 422 g/mol. The Balaban J connectivity index is 2.40. The second kappa shape index (κ2) is 5.50. The van der Waals surface area contributed by atoms with Crippen LogP contribution < -0.4 is 5.56 Å². The van der Waals surface area contributed by atoms with E-state index in [9.17, 15) is 4.79 Å². The standard InChI is InChI=1S/C12H8Br3NO/c13-9-3-1-2-8(4-9)6-16-7-10(14)5-11(15)12(16)17/h1-5,7H,6H2. The van der Waals surface area contributed by atoms with Crippen LogP contribution in [0.5, 0.6) is 0 Å². The fourth-order valence-corrected chi connectivity index (χ4v) is 3.22. The normalized spacial score (nSPS) is 10.5. The number of pyridine rings is 1. The third-order valence-corrected chi connectivity index (χ3v) is 3.75. The number of halogens is 3. The number of rotatable bonds is 2. The van der Waals surface area contributed by atoms with Crippen molar-refractivity contribution in [3.63, 3.8) is 0 Å². The number of aromatic nitrogens is 1. The predicted octanol–water partition coefficient (Wildman–Crippen LogP) is 4.18. The highest BCUT2D eigenvalue weighted by Crippen LogP contribution is 2.15. The Morgan fingerprint density at radius 2 is 1.82 bits per heavy atom. The highest BCUT2D eigenvalue weighted by atomic mass is 79.9. The van der Waals surface area contributed by atoms with Gasteiger partial charge in [-0.2, -0.15) is 0 Å². The van der Waals surface area contributed by atoms with Gasteiger partial charge in [0, 0.05) is 15.1 Å². The zero-order valence-electron chi connectivity index (χ0n) is 8.66. The molecular weight excluding hydrogens is 414 g/mol. The quantitative estimate of drug-likeness (QED) is 0.712. The zero-order chi connectivity index (χ0) is 12.4. The molecule has 0 aliphatic carbocycles. The maximum absolute atomic E-state index is 11.9. The van der Waals surface area contributed by atoms with Gasteiger partial charge in [0.05, 0.1) is 11.0 Å². The second-order valence-corrected chi connectivity index (χ2v) is 6.25. The van der Waals surface area contributed by atoms with Crippen molar-refractivity contribution in [3.05, 3.63) is 65.9 Å². The van der Waals surface area contributed by atoms with E-state index in [0.29, 0.717) is 11.0 Å². The van der Waals surface area contributed by atoms with Crippen molar-refractivity contribution in [2.45, 2.75) is 6.54 Å². The van der Waals surface area contributed by atoms with Gasteiger partial charge in [0.15, 0.2) is 0 Å². The second-order valence-electron chi connectivity index (χ2n) is 3.57. The lowest BCUT2D eigenvalue weighted by atomic mass is 10.2. The van der Waals surface area contributed by atoms with E-state index in [4.69, 9.17) is 0 Å². The van der Waals surface area contributed by atoms with Gasteiger partial charge in [0.25, 0.3) is 5.56 Å². The third-order valence-electron chi connectivity index (χ3n) is 2.25. The maximum Gasteiger partial charge on any atom is 0.265 e. The molecule has 0 saturated carbocycles. The van der Waals surface area contributed by atoms with Crippen LogP contribution in [0.3, 0.4) is 0 Å². The van der Waals surface area contributed by atoms with Crippen molar-refractivity contribution in [1.82, 2.24) is 4.57 Å². The third kappa shape index (κ3) is 3.30. The topological polar surface area (TPSA) is 22.0 Å². The molecule has 0 radical (unpaired) electrons. The monoisotopic (exact) mass is 419 g/mol. The molecule has 0 fully saturated rings. The van der Waals surface area contributed by atoms with Crippen molar-refractivity contribution in [3.8, 4) is 0 Å². The van der Waals surface area contributed by atoms with Gasteiger partial charge in [-0.1, -0.05) is 28.1 Å². The summed E-state index contributed by atoms with van der Waals surface area (Å²) in [6, 6.07) is 9.66. The number of hydrogen-bond acceptors (Lipinski definition) is 1. The molecular formula is C12H8Br3NO. The van der Waals surface area contributed by atoms with E-state index < -0.39 is 0 Å². The van der Waals surface area contributed by atoms with Crippen LogP contribution in [0.15, 0.2) is 54.7 Å². The summed E-state index contributed by atoms with van der Waals surface area (Å²) in [7, 11) is 0. The lowest BCUT2D eigenvalue weighted by Gasteiger charge is -2.07. The largest absolute Gasteiger partial charge is 0.309 e. The Kier molecular flexibility index (Phi) is 4.22. The molecule has 0 N–H and O–H groups in total. The minimum absolute atomic E-state index is 0.0341. The van der Waals surface area contributed by atoms with Crippen LogP contribution in [0.25, 0.3) is 0 Å². The van der Waals surface area contributed by atoms with E-state index in [1.54, 1.807) is 16.8 Å². The van der Waals surface area contributed by atoms with Gasteiger partial charge in [-0.3, -0.25) is 4.79 Å². The van der Waals surface area contributed by atoms with Crippen molar-refractivity contribution < 1.29 is 0 Å². The van der Waals surface area contributed by atoms with Gasteiger partial charge in [-0.25, -0.2) is 0 Å². The van der Waals surface area contributed by atoms with Gasteiger partial charge < -0.3 is 4.57 Å². The summed E-state index contributed by atoms with van der Waals surface area (Å²) in [6.45, 7) is 0.552. The summed E-state index contributed by atoms with van der Waals surface area (Å²) in [5.74, 6) is 0. The molecule has 88 valence electrons. The Morgan fingerprint density at radius 3 is 2.53 bits per heavy atom. The van der Waals surface area contributed by atoms with Crippen LogP contribution in [-0.4, -0.2) is 4.57 Å². The van der Waals surface area contributed by atoms with Gasteiger partial charge >= 0.3 is 0 Å². The summed E-state index contributed by atoms with van der Waals surface area (Å²) in [4.78, 5) is 11.9. The van der Waals surface area contributed by atoms with Crippen LogP contribution in [-0.2, 0) is 6.54 Å². The molecule has 0 spiro atoms. The Hall–Kier alpha value is -0.390. The zero-order valence-corrected chi connectivity index (χ0v) is 13.4. The maximum atomic E-state index is 11.9. The van der Waals surface area contributed by atoms with Crippen LogP contribution in [0.2, 0.25) is 0 Å². The first kappa shape index (κ1) is 13.1. The smallest absolute Gasteiger partial charge is 0.265 e. The molecule has 0 atom stereocenters. The Labute approximate surface area is 124 Å². The van der Waals surface area contributed by atoms with Crippen LogP contribution >= 0.6 is 47.8 Å². The molecule has 5 heteroatoms. The van der Waals surface area contributed by atoms with E-state index in [1.807, 2.05) is 24.3 Å². The van der Waals surface area contributed by atoms with Crippen LogP contribution in [0, 0.1) is 0 Å². The summed E-state index contributed by atoms with van der Waals surface area (Å²) in [6.07, 6.45) is 1.79. The summed E-state index contributed by atoms with van der Waals surface area (Å²) in [5, 5.41) is 0. The highest BCUT2D eigenvalue weighted by molar-refractivity contribution is 9.11. The van der Waals surface area contributed by atoms with Crippen molar-refractivity contribution >= 4 is 47.8 Å². The van der Waals surface area contributed by atoms with Gasteiger partial charge in [0.1, 0.15) is 0 Å². The molecule has 1 aromatic heterocycles. The van der Waals surface area contributed by atoms with Gasteiger partial charge in [0.2, 0.25) is 0 Å². The Bertz CT molecular complexity index is 607. The number of nitrogens with zero attached hydrogens (tertiary/aromatic N) is 1. The molecule has 0 aliphatic heterocycles. The molecule has 17 heavy (non-hydrogen) atoms. The van der Waals surface area contributed by atoms with Gasteiger partial charge in [-0.15, -0.1) is 0 Å². The summed E-state index contributed by atoms with van der Waals surface area (Å²) >= 11 is 10.0.